The summed E-state index contributed by atoms with van der Waals surface area (Å²) in [6.45, 7) is 14.6. The summed E-state index contributed by atoms with van der Waals surface area (Å²) in [7, 11) is 0. The second-order valence-corrected chi connectivity index (χ2v) is 6.01. The van der Waals surface area contributed by atoms with Gasteiger partial charge in [0.05, 0.1) is 0 Å². The van der Waals surface area contributed by atoms with Crippen molar-refractivity contribution in [2.45, 2.75) is 54.4 Å². The fourth-order valence-corrected chi connectivity index (χ4v) is 1.05. The van der Waals surface area contributed by atoms with E-state index < -0.39 is 0 Å². The zero-order valence-corrected chi connectivity index (χ0v) is 10.3. The van der Waals surface area contributed by atoms with Crippen LogP contribution in [0.2, 0.25) is 0 Å². The van der Waals surface area contributed by atoms with Crippen molar-refractivity contribution in [3.05, 3.63) is 0 Å². The van der Waals surface area contributed by atoms with E-state index in [-0.39, 0.29) is 0 Å². The zero-order valence-electron chi connectivity index (χ0n) is 10.3. The van der Waals surface area contributed by atoms with Crippen molar-refractivity contribution >= 4 is 0 Å². The molecule has 0 bridgehead atoms. The van der Waals surface area contributed by atoms with Gasteiger partial charge in [-0.3, -0.25) is 0 Å². The molecule has 0 saturated heterocycles. The van der Waals surface area contributed by atoms with E-state index in [0.717, 1.165) is 12.5 Å². The summed E-state index contributed by atoms with van der Waals surface area (Å²) in [5.41, 5.74) is 6.47. The molecule has 0 spiro atoms. The van der Waals surface area contributed by atoms with E-state index in [0.29, 0.717) is 10.8 Å². The van der Waals surface area contributed by atoms with Gasteiger partial charge in [0.25, 0.3) is 0 Å². The van der Waals surface area contributed by atoms with E-state index in [4.69, 9.17) is 5.73 Å². The van der Waals surface area contributed by atoms with Crippen LogP contribution in [0.4, 0.5) is 0 Å². The van der Waals surface area contributed by atoms with E-state index >= 15 is 0 Å². The van der Waals surface area contributed by atoms with Gasteiger partial charge in [0.1, 0.15) is 0 Å². The average Bonchev–Trinajstić information content (AvgIpc) is 2.01. The molecule has 1 heteroatoms. The summed E-state index contributed by atoms with van der Waals surface area (Å²) in [5.74, 6) is 0.751. The van der Waals surface area contributed by atoms with Crippen LogP contribution in [-0.2, 0) is 0 Å². The number of nitrogens with two attached hydrogens (primary N) is 1. The van der Waals surface area contributed by atoms with Gasteiger partial charge in [-0.15, -0.1) is 0 Å². The van der Waals surface area contributed by atoms with Gasteiger partial charge in [0.2, 0.25) is 0 Å². The molecular weight excluding hydrogens is 158 g/mol. The average molecular weight is 185 g/mol. The molecule has 13 heavy (non-hydrogen) atoms. The maximum Gasteiger partial charge on any atom is -0.00258 e. The normalized spacial score (nSPS) is 13.8. The van der Waals surface area contributed by atoms with Crippen LogP contribution in [0.3, 0.4) is 0 Å². The summed E-state index contributed by atoms with van der Waals surface area (Å²) < 4.78 is 0. The van der Waals surface area contributed by atoms with Crippen molar-refractivity contribution < 1.29 is 0 Å². The summed E-state index contributed by atoms with van der Waals surface area (Å²) >= 11 is 0. The number of hydrogen-bond donors (Lipinski definition) is 1. The molecule has 0 fully saturated rings. The van der Waals surface area contributed by atoms with E-state index in [1.54, 1.807) is 0 Å². The van der Waals surface area contributed by atoms with Gasteiger partial charge in [0.15, 0.2) is 0 Å². The van der Waals surface area contributed by atoms with Crippen LogP contribution in [0, 0.1) is 16.7 Å². The predicted octanol–water partition coefficient (Wildman–Crippen LogP) is 3.43. The Morgan fingerprint density at radius 2 is 1.46 bits per heavy atom. The first kappa shape index (κ1) is 13.0. The highest BCUT2D eigenvalue weighted by Crippen LogP contribution is 2.35. The summed E-state index contributed by atoms with van der Waals surface area (Å²) in [4.78, 5) is 0. The second kappa shape index (κ2) is 4.45. The fraction of sp³-hybridized carbons (Fsp3) is 1.00. The molecule has 0 radical (unpaired) electrons. The van der Waals surface area contributed by atoms with Gasteiger partial charge in [0, 0.05) is 0 Å². The quantitative estimate of drug-likeness (QED) is 0.697. The van der Waals surface area contributed by atoms with Gasteiger partial charge >= 0.3 is 0 Å². The zero-order chi connectivity index (χ0) is 10.7. The molecule has 0 aliphatic carbocycles. The molecule has 0 atom stereocenters. The third kappa shape index (κ3) is 4.66. The molecule has 0 aliphatic rings. The van der Waals surface area contributed by atoms with Gasteiger partial charge in [-0.05, 0) is 36.1 Å². The monoisotopic (exact) mass is 185 g/mol. The third-order valence-corrected chi connectivity index (χ3v) is 3.56. The van der Waals surface area contributed by atoms with Crippen LogP contribution in [0.5, 0.6) is 0 Å². The van der Waals surface area contributed by atoms with Gasteiger partial charge in [-0.1, -0.05) is 41.5 Å². The van der Waals surface area contributed by atoms with Crippen molar-refractivity contribution in [3.8, 4) is 0 Å². The van der Waals surface area contributed by atoms with E-state index in [2.05, 4.69) is 41.5 Å². The van der Waals surface area contributed by atoms with Crippen LogP contribution < -0.4 is 5.73 Å². The maximum atomic E-state index is 5.71. The molecule has 0 aromatic heterocycles. The molecule has 0 aromatic rings. The number of hydrogen-bond acceptors (Lipinski definition) is 1. The summed E-state index contributed by atoms with van der Waals surface area (Å²) in [6.07, 6.45) is 2.50. The first-order valence-electron chi connectivity index (χ1n) is 5.41. The fourth-order valence-electron chi connectivity index (χ4n) is 1.05. The molecule has 0 rings (SSSR count). The molecule has 0 unspecified atom stereocenters. The Morgan fingerprint density at radius 1 is 1.00 bits per heavy atom. The van der Waals surface area contributed by atoms with Crippen molar-refractivity contribution in [2.24, 2.45) is 22.5 Å². The highest BCUT2D eigenvalue weighted by atomic mass is 14.6. The minimum atomic E-state index is 0.312. The molecular formula is C12H27N. The lowest BCUT2D eigenvalue weighted by atomic mass is 9.73. The van der Waals surface area contributed by atoms with Crippen LogP contribution in [0.1, 0.15) is 54.4 Å². The van der Waals surface area contributed by atoms with E-state index in [9.17, 15) is 0 Å². The highest BCUT2D eigenvalue weighted by molar-refractivity contribution is 4.77. The van der Waals surface area contributed by atoms with E-state index in [1.165, 1.54) is 12.8 Å². The molecule has 0 heterocycles. The molecule has 0 aliphatic heterocycles. The Kier molecular flexibility index (Phi) is 4.44. The Morgan fingerprint density at radius 3 is 1.77 bits per heavy atom. The minimum absolute atomic E-state index is 0.312. The topological polar surface area (TPSA) is 26.0 Å². The summed E-state index contributed by atoms with van der Waals surface area (Å²) in [5, 5.41) is 0. The first-order valence-corrected chi connectivity index (χ1v) is 5.41. The molecule has 2 N–H and O–H groups in total. The van der Waals surface area contributed by atoms with Crippen molar-refractivity contribution in [3.63, 3.8) is 0 Å². The summed E-state index contributed by atoms with van der Waals surface area (Å²) in [6, 6.07) is 0. The van der Waals surface area contributed by atoms with Crippen molar-refractivity contribution in [1.29, 1.82) is 0 Å². The Hall–Kier alpha value is -0.0400. The standard InChI is InChI=1S/C12H27N/c1-10(2)12(5,6)8-7-11(3,4)9-13/h10H,7-9,13H2,1-6H3. The number of rotatable bonds is 5. The largest absolute Gasteiger partial charge is 0.330 e. The molecule has 0 aromatic carbocycles. The second-order valence-electron chi connectivity index (χ2n) is 6.01. The Bertz CT molecular complexity index is 145. The predicted molar refractivity (Wildman–Crippen MR) is 60.7 cm³/mol. The van der Waals surface area contributed by atoms with Gasteiger partial charge in [-0.25, -0.2) is 0 Å². The van der Waals surface area contributed by atoms with Crippen LogP contribution in [0.15, 0.2) is 0 Å². The SMILES string of the molecule is CC(C)C(C)(C)CCC(C)(C)CN. The lowest BCUT2D eigenvalue weighted by Crippen LogP contribution is -2.27. The van der Waals surface area contributed by atoms with E-state index in [1.807, 2.05) is 0 Å². The smallest absolute Gasteiger partial charge is 0.00258 e. The van der Waals surface area contributed by atoms with Gasteiger partial charge < -0.3 is 5.73 Å². The van der Waals surface area contributed by atoms with Crippen LogP contribution in [-0.4, -0.2) is 6.54 Å². The molecule has 0 saturated carbocycles. The lowest BCUT2D eigenvalue weighted by molar-refractivity contribution is 0.185. The highest BCUT2D eigenvalue weighted by Gasteiger charge is 2.25. The first-order chi connectivity index (χ1) is 5.71. The molecule has 80 valence electrons. The lowest BCUT2D eigenvalue weighted by Gasteiger charge is -2.33. The van der Waals surface area contributed by atoms with Crippen molar-refractivity contribution in [1.82, 2.24) is 0 Å². The maximum absolute atomic E-state index is 5.71. The Labute approximate surface area is 84.1 Å². The minimum Gasteiger partial charge on any atom is -0.330 e. The van der Waals surface area contributed by atoms with Gasteiger partial charge in [-0.2, -0.15) is 0 Å². The van der Waals surface area contributed by atoms with Crippen LogP contribution in [0.25, 0.3) is 0 Å². The molecule has 0 amide bonds. The van der Waals surface area contributed by atoms with Crippen molar-refractivity contribution in [2.75, 3.05) is 6.54 Å². The van der Waals surface area contributed by atoms with Crippen LogP contribution >= 0.6 is 0 Å². The third-order valence-electron chi connectivity index (χ3n) is 3.56. The molecule has 1 nitrogen and oxygen atoms in total. The Balaban J connectivity index is 4.02.